The lowest BCUT2D eigenvalue weighted by Gasteiger charge is -2.29. The molecule has 0 unspecified atom stereocenters. The van der Waals surface area contributed by atoms with Crippen LogP contribution in [-0.4, -0.2) is 42.8 Å². The smallest absolute Gasteiger partial charge is 0.410 e. The highest BCUT2D eigenvalue weighted by atomic mass is 79.9. The normalized spacial score (nSPS) is 14.9. The molecule has 0 bridgehead atoms. The molecular weight excluding hydrogens is 374 g/mol. The fraction of sp³-hybridized carbons (Fsp3) is 0.444. The van der Waals surface area contributed by atoms with Crippen molar-refractivity contribution < 1.29 is 19.1 Å². The first-order chi connectivity index (χ1) is 11.2. The molecule has 0 aliphatic carbocycles. The largest absolute Gasteiger partial charge is 0.465 e. The number of esters is 1. The monoisotopic (exact) mass is 395 g/mol. The Morgan fingerprint density at radius 3 is 2.46 bits per heavy atom. The van der Waals surface area contributed by atoms with Crippen LogP contribution in [0, 0.1) is 0 Å². The van der Waals surface area contributed by atoms with Crippen molar-refractivity contribution in [3.05, 3.63) is 39.9 Å². The number of halogens is 1. The van der Waals surface area contributed by atoms with E-state index in [1.807, 2.05) is 39.0 Å². The van der Waals surface area contributed by atoms with Crippen LogP contribution in [0.3, 0.4) is 0 Å². The van der Waals surface area contributed by atoms with E-state index in [0.717, 1.165) is 17.6 Å². The van der Waals surface area contributed by atoms with Gasteiger partial charge in [0.2, 0.25) is 0 Å². The van der Waals surface area contributed by atoms with Crippen LogP contribution in [0.5, 0.6) is 0 Å². The van der Waals surface area contributed by atoms with Gasteiger partial charge >= 0.3 is 12.1 Å². The van der Waals surface area contributed by atoms with Crippen molar-refractivity contribution in [2.75, 3.05) is 20.2 Å². The molecule has 0 saturated heterocycles. The van der Waals surface area contributed by atoms with Crippen molar-refractivity contribution in [3.63, 3.8) is 0 Å². The molecule has 5 nitrogen and oxygen atoms in total. The highest BCUT2D eigenvalue weighted by Crippen LogP contribution is 2.28. The molecule has 0 radical (unpaired) electrons. The molecule has 0 N–H and O–H groups in total. The van der Waals surface area contributed by atoms with Gasteiger partial charge in [-0.3, -0.25) is 0 Å². The average molecular weight is 396 g/mol. The first-order valence-corrected chi connectivity index (χ1v) is 8.56. The van der Waals surface area contributed by atoms with Crippen LogP contribution >= 0.6 is 15.9 Å². The maximum absolute atomic E-state index is 12.1. The van der Waals surface area contributed by atoms with Gasteiger partial charge in [-0.25, -0.2) is 9.59 Å². The number of benzene rings is 1. The lowest BCUT2D eigenvalue weighted by atomic mass is 9.98. The lowest BCUT2D eigenvalue weighted by molar-refractivity contribution is 0.0270. The molecule has 1 amide bonds. The summed E-state index contributed by atoms with van der Waals surface area (Å²) >= 11 is 3.41. The van der Waals surface area contributed by atoms with Crippen molar-refractivity contribution in [1.82, 2.24) is 4.90 Å². The van der Waals surface area contributed by atoms with Crippen molar-refractivity contribution in [2.45, 2.75) is 32.8 Å². The van der Waals surface area contributed by atoms with Crippen LogP contribution in [0.15, 0.2) is 28.7 Å². The van der Waals surface area contributed by atoms with Crippen LogP contribution in [0.2, 0.25) is 0 Å². The molecule has 0 aromatic heterocycles. The van der Waals surface area contributed by atoms with Crippen LogP contribution in [0.4, 0.5) is 4.79 Å². The molecule has 6 heteroatoms. The minimum Gasteiger partial charge on any atom is -0.465 e. The number of nitrogens with zero attached hydrogens (tertiary/aromatic N) is 1. The second-order valence-electron chi connectivity index (χ2n) is 6.59. The second kappa shape index (κ2) is 7.38. The molecule has 0 atom stereocenters. The van der Waals surface area contributed by atoms with E-state index in [2.05, 4.69) is 15.9 Å². The van der Waals surface area contributed by atoms with E-state index in [9.17, 15) is 9.59 Å². The predicted octanol–water partition coefficient (Wildman–Crippen LogP) is 4.26. The van der Waals surface area contributed by atoms with Gasteiger partial charge in [-0.15, -0.1) is 0 Å². The molecule has 0 spiro atoms. The summed E-state index contributed by atoms with van der Waals surface area (Å²) < 4.78 is 10.8. The minimum absolute atomic E-state index is 0.292. The Kier molecular flexibility index (Phi) is 5.70. The summed E-state index contributed by atoms with van der Waals surface area (Å²) in [5.74, 6) is -0.373. The third-order valence-corrected chi connectivity index (χ3v) is 4.26. The van der Waals surface area contributed by atoms with E-state index in [1.165, 1.54) is 7.11 Å². The van der Waals surface area contributed by atoms with Crippen molar-refractivity contribution in [3.8, 4) is 0 Å². The van der Waals surface area contributed by atoms with Gasteiger partial charge < -0.3 is 14.4 Å². The molecule has 1 aliphatic rings. The Balaban J connectivity index is 2.09. The summed E-state index contributed by atoms with van der Waals surface area (Å²) in [4.78, 5) is 25.4. The van der Waals surface area contributed by atoms with Crippen molar-refractivity contribution in [2.24, 2.45) is 0 Å². The van der Waals surface area contributed by atoms with Gasteiger partial charge in [0.05, 0.1) is 12.7 Å². The van der Waals surface area contributed by atoms with Crippen molar-refractivity contribution in [1.29, 1.82) is 0 Å². The SMILES string of the molecule is COC(=O)c1ccc(C2=CCN(C(=O)OC(C)(C)C)CC2)cc1Br. The maximum atomic E-state index is 12.1. The molecule has 0 fully saturated rings. The number of carbonyl (C=O) groups excluding carboxylic acids is 2. The number of hydrogen-bond donors (Lipinski definition) is 0. The van der Waals surface area contributed by atoms with Crippen LogP contribution in [0.1, 0.15) is 43.1 Å². The zero-order valence-electron chi connectivity index (χ0n) is 14.4. The maximum Gasteiger partial charge on any atom is 0.410 e. The Morgan fingerprint density at radius 1 is 1.25 bits per heavy atom. The standard InChI is InChI=1S/C18H22BrNO4/c1-18(2,3)24-17(22)20-9-7-12(8-10-20)13-5-6-14(15(19)11-13)16(21)23-4/h5-7,11H,8-10H2,1-4H3. The van der Waals surface area contributed by atoms with E-state index >= 15 is 0 Å². The number of ether oxygens (including phenoxy) is 2. The fourth-order valence-electron chi connectivity index (χ4n) is 2.41. The number of amides is 1. The van der Waals surface area contributed by atoms with Gasteiger partial charge in [-0.1, -0.05) is 12.1 Å². The number of carbonyl (C=O) groups is 2. The quantitative estimate of drug-likeness (QED) is 0.701. The van der Waals surface area contributed by atoms with Gasteiger partial charge in [0, 0.05) is 17.6 Å². The topological polar surface area (TPSA) is 55.8 Å². The zero-order valence-corrected chi connectivity index (χ0v) is 16.0. The van der Waals surface area contributed by atoms with Crippen LogP contribution in [-0.2, 0) is 9.47 Å². The number of methoxy groups -OCH3 is 1. The summed E-state index contributed by atoms with van der Waals surface area (Å²) in [6, 6.07) is 5.54. The predicted molar refractivity (Wildman–Crippen MR) is 95.9 cm³/mol. The fourth-order valence-corrected chi connectivity index (χ4v) is 2.95. The van der Waals surface area contributed by atoms with Crippen molar-refractivity contribution >= 4 is 33.6 Å². The molecule has 1 heterocycles. The summed E-state index contributed by atoms with van der Waals surface area (Å²) in [5.41, 5.74) is 2.17. The Bertz CT molecular complexity index is 676. The van der Waals surface area contributed by atoms with E-state index in [1.54, 1.807) is 11.0 Å². The highest BCUT2D eigenvalue weighted by molar-refractivity contribution is 9.10. The third-order valence-electron chi connectivity index (χ3n) is 3.61. The molecule has 1 aromatic carbocycles. The summed E-state index contributed by atoms with van der Waals surface area (Å²) in [5, 5.41) is 0. The summed E-state index contributed by atoms with van der Waals surface area (Å²) in [6.07, 6.45) is 2.47. The van der Waals surface area contributed by atoms with Gasteiger partial charge in [0.15, 0.2) is 0 Å². The Morgan fingerprint density at radius 2 is 1.96 bits per heavy atom. The van der Waals surface area contributed by atoms with E-state index in [0.29, 0.717) is 23.1 Å². The highest BCUT2D eigenvalue weighted by Gasteiger charge is 2.24. The second-order valence-corrected chi connectivity index (χ2v) is 7.45. The number of hydrogen-bond acceptors (Lipinski definition) is 4. The van der Waals surface area contributed by atoms with Gasteiger partial charge in [0.25, 0.3) is 0 Å². The van der Waals surface area contributed by atoms with Gasteiger partial charge in [-0.2, -0.15) is 0 Å². The molecule has 2 rings (SSSR count). The van der Waals surface area contributed by atoms with Gasteiger partial charge in [-0.05, 0) is 66.4 Å². The Hall–Kier alpha value is -1.82. The molecular formula is C18H22BrNO4. The molecule has 24 heavy (non-hydrogen) atoms. The molecule has 1 aromatic rings. The van der Waals surface area contributed by atoms with E-state index < -0.39 is 5.60 Å². The lowest BCUT2D eigenvalue weighted by Crippen LogP contribution is -2.39. The zero-order chi connectivity index (χ0) is 17.9. The molecule has 0 saturated carbocycles. The van der Waals surface area contributed by atoms with Crippen LogP contribution < -0.4 is 0 Å². The third kappa shape index (κ3) is 4.60. The average Bonchev–Trinajstić information content (AvgIpc) is 2.52. The molecule has 1 aliphatic heterocycles. The van der Waals surface area contributed by atoms with E-state index in [-0.39, 0.29) is 12.1 Å². The summed E-state index contributed by atoms with van der Waals surface area (Å²) in [7, 11) is 1.36. The molecule has 130 valence electrons. The summed E-state index contributed by atoms with van der Waals surface area (Å²) in [6.45, 7) is 6.70. The minimum atomic E-state index is -0.490. The Labute approximate surface area is 150 Å². The van der Waals surface area contributed by atoms with Gasteiger partial charge in [0.1, 0.15) is 5.60 Å². The first kappa shape index (κ1) is 18.5. The van der Waals surface area contributed by atoms with E-state index in [4.69, 9.17) is 9.47 Å². The number of rotatable bonds is 2. The first-order valence-electron chi connectivity index (χ1n) is 7.76. The van der Waals surface area contributed by atoms with Crippen LogP contribution in [0.25, 0.3) is 5.57 Å².